The van der Waals surface area contributed by atoms with Crippen molar-refractivity contribution in [3.63, 3.8) is 0 Å². The third kappa shape index (κ3) is 1.64. The molecule has 2 heteroatoms. The van der Waals surface area contributed by atoms with Crippen LogP contribution in [0, 0.1) is 0 Å². The van der Waals surface area contributed by atoms with Gasteiger partial charge in [-0.25, -0.2) is 0 Å². The average molecular weight is 262 g/mol. The van der Waals surface area contributed by atoms with Crippen LogP contribution in [0.4, 0.5) is 11.4 Å². The molecule has 1 unspecified atom stereocenters. The molecule has 0 radical (unpaired) electrons. The monoisotopic (exact) mass is 262 g/mol. The molecule has 2 N–H and O–H groups in total. The van der Waals surface area contributed by atoms with Crippen LogP contribution < -0.4 is 10.6 Å². The summed E-state index contributed by atoms with van der Waals surface area (Å²) in [6, 6.07) is 6.30. The molecule has 100 valence electrons. The zero-order chi connectivity index (χ0) is 13.5. The molecule has 20 heavy (non-hydrogen) atoms. The first kappa shape index (κ1) is 11.6. The first-order valence-electron chi connectivity index (χ1n) is 7.27. The molecule has 1 heterocycles. The summed E-state index contributed by atoms with van der Waals surface area (Å²) in [4.78, 5) is 2.40. The third-order valence-electron chi connectivity index (χ3n) is 4.29. The van der Waals surface area contributed by atoms with Crippen LogP contribution in [0.3, 0.4) is 0 Å². The molecule has 0 spiro atoms. The number of anilines is 2. The smallest absolute Gasteiger partial charge is 0.0498 e. The highest BCUT2D eigenvalue weighted by Crippen LogP contribution is 2.49. The van der Waals surface area contributed by atoms with Crippen molar-refractivity contribution in [1.29, 1.82) is 0 Å². The summed E-state index contributed by atoms with van der Waals surface area (Å²) >= 11 is 0. The Morgan fingerprint density at radius 2 is 2.10 bits per heavy atom. The number of benzene rings is 1. The molecule has 0 fully saturated rings. The molecule has 0 saturated carbocycles. The lowest BCUT2D eigenvalue weighted by molar-refractivity contribution is 0.812. The van der Waals surface area contributed by atoms with Gasteiger partial charge in [0.2, 0.25) is 0 Å². The number of fused-ring (bicyclic) bond motifs is 3. The highest BCUT2D eigenvalue weighted by atomic mass is 15.2. The van der Waals surface area contributed by atoms with E-state index in [1.54, 1.807) is 0 Å². The van der Waals surface area contributed by atoms with Crippen molar-refractivity contribution in [2.45, 2.75) is 25.2 Å². The summed E-state index contributed by atoms with van der Waals surface area (Å²) in [5, 5.41) is 0. The van der Waals surface area contributed by atoms with Crippen LogP contribution in [0.1, 0.15) is 30.7 Å². The largest absolute Gasteiger partial charge is 0.399 e. The molecule has 1 aliphatic heterocycles. The van der Waals surface area contributed by atoms with E-state index in [-0.39, 0.29) is 0 Å². The molecule has 1 aromatic rings. The molecular formula is C18H18N2. The Morgan fingerprint density at radius 3 is 2.95 bits per heavy atom. The molecule has 0 amide bonds. The maximum absolute atomic E-state index is 5.99. The number of hydrogen-bond donors (Lipinski definition) is 1. The van der Waals surface area contributed by atoms with Gasteiger partial charge in [0, 0.05) is 28.7 Å². The Bertz CT molecular complexity index is 677. The van der Waals surface area contributed by atoms with Gasteiger partial charge in [0.1, 0.15) is 0 Å². The highest BCUT2D eigenvalue weighted by Gasteiger charge is 2.35. The summed E-state index contributed by atoms with van der Waals surface area (Å²) in [6.07, 6.45) is 16.8. The minimum atomic E-state index is 0.453. The van der Waals surface area contributed by atoms with Gasteiger partial charge in [-0.15, -0.1) is 0 Å². The van der Waals surface area contributed by atoms with Crippen LogP contribution in [0.5, 0.6) is 0 Å². The van der Waals surface area contributed by atoms with Crippen LogP contribution in [0.25, 0.3) is 0 Å². The lowest BCUT2D eigenvalue weighted by atomic mass is 9.92. The Balaban J connectivity index is 1.89. The molecule has 0 saturated heterocycles. The molecule has 3 aliphatic rings. The number of hydrogen-bond acceptors (Lipinski definition) is 2. The van der Waals surface area contributed by atoms with Gasteiger partial charge in [0.15, 0.2) is 0 Å². The predicted molar refractivity (Wildman–Crippen MR) is 84.4 cm³/mol. The topological polar surface area (TPSA) is 29.3 Å². The first-order valence-corrected chi connectivity index (χ1v) is 7.27. The van der Waals surface area contributed by atoms with Crippen LogP contribution in [-0.2, 0) is 0 Å². The van der Waals surface area contributed by atoms with Gasteiger partial charge in [0.05, 0.1) is 0 Å². The maximum atomic E-state index is 5.99. The van der Waals surface area contributed by atoms with Crippen molar-refractivity contribution >= 4 is 11.4 Å². The summed E-state index contributed by atoms with van der Waals surface area (Å²) in [7, 11) is 0. The standard InChI is InChI=1S/C18H18N2/c19-13-10-11-18-16(12-13)15-8-4-5-9-17(15)20(18)14-6-2-1-3-7-14/h2,4-7,9-12,15H,1,3,8,19H2. The minimum absolute atomic E-state index is 0.453. The van der Waals surface area contributed by atoms with Gasteiger partial charge >= 0.3 is 0 Å². The molecule has 1 aromatic carbocycles. The van der Waals surface area contributed by atoms with E-state index >= 15 is 0 Å². The average Bonchev–Trinajstić information content (AvgIpc) is 2.82. The van der Waals surface area contributed by atoms with Crippen molar-refractivity contribution in [2.24, 2.45) is 0 Å². The van der Waals surface area contributed by atoms with E-state index in [0.29, 0.717) is 5.92 Å². The van der Waals surface area contributed by atoms with E-state index in [4.69, 9.17) is 5.73 Å². The number of allylic oxidation sites excluding steroid dienone is 7. The fourth-order valence-electron chi connectivity index (χ4n) is 3.38. The summed E-state index contributed by atoms with van der Waals surface area (Å²) in [6.45, 7) is 0. The Kier molecular flexibility index (Phi) is 2.56. The zero-order valence-electron chi connectivity index (χ0n) is 11.4. The van der Waals surface area contributed by atoms with Crippen LogP contribution in [-0.4, -0.2) is 0 Å². The van der Waals surface area contributed by atoms with Crippen molar-refractivity contribution in [1.82, 2.24) is 0 Å². The normalized spacial score (nSPS) is 23.2. The second kappa shape index (κ2) is 4.41. The Hall–Kier alpha value is -2.22. The fraction of sp³-hybridized carbons (Fsp3) is 0.222. The number of rotatable bonds is 1. The summed E-state index contributed by atoms with van der Waals surface area (Å²) in [5.74, 6) is 0.453. The van der Waals surface area contributed by atoms with Crippen LogP contribution in [0.15, 0.2) is 66.0 Å². The van der Waals surface area contributed by atoms with E-state index < -0.39 is 0 Å². The van der Waals surface area contributed by atoms with E-state index in [0.717, 1.165) is 24.9 Å². The Morgan fingerprint density at radius 1 is 1.15 bits per heavy atom. The zero-order valence-corrected chi connectivity index (χ0v) is 11.4. The van der Waals surface area contributed by atoms with Gasteiger partial charge < -0.3 is 10.6 Å². The lowest BCUT2D eigenvalue weighted by Crippen LogP contribution is -2.19. The van der Waals surface area contributed by atoms with Crippen molar-refractivity contribution in [3.05, 3.63) is 71.6 Å². The summed E-state index contributed by atoms with van der Waals surface area (Å²) in [5.41, 5.74) is 12.2. The third-order valence-corrected chi connectivity index (χ3v) is 4.29. The van der Waals surface area contributed by atoms with Crippen molar-refractivity contribution in [3.8, 4) is 0 Å². The van der Waals surface area contributed by atoms with Crippen molar-refractivity contribution < 1.29 is 0 Å². The van der Waals surface area contributed by atoms with Gasteiger partial charge in [0.25, 0.3) is 0 Å². The predicted octanol–water partition coefficient (Wildman–Crippen LogP) is 4.25. The highest BCUT2D eigenvalue weighted by molar-refractivity contribution is 5.76. The van der Waals surface area contributed by atoms with E-state index in [9.17, 15) is 0 Å². The molecule has 1 atom stereocenters. The minimum Gasteiger partial charge on any atom is -0.399 e. The fourth-order valence-corrected chi connectivity index (χ4v) is 3.38. The van der Waals surface area contributed by atoms with Gasteiger partial charge in [-0.3, -0.25) is 0 Å². The molecule has 2 aliphatic carbocycles. The number of nitrogens with two attached hydrogens (primary N) is 1. The van der Waals surface area contributed by atoms with Crippen LogP contribution >= 0.6 is 0 Å². The second-order valence-corrected chi connectivity index (χ2v) is 5.57. The van der Waals surface area contributed by atoms with E-state index in [1.165, 1.54) is 22.6 Å². The molecular weight excluding hydrogens is 244 g/mol. The first-order chi connectivity index (χ1) is 9.84. The van der Waals surface area contributed by atoms with E-state index in [1.807, 2.05) is 6.07 Å². The quantitative estimate of drug-likeness (QED) is 0.767. The van der Waals surface area contributed by atoms with Crippen molar-refractivity contribution in [2.75, 3.05) is 10.6 Å². The van der Waals surface area contributed by atoms with Gasteiger partial charge in [-0.1, -0.05) is 24.3 Å². The van der Waals surface area contributed by atoms with E-state index in [2.05, 4.69) is 53.5 Å². The SMILES string of the molecule is Nc1ccc2c(c1)C1CC=CC=C1N2C1=CCCC=C1. The second-order valence-electron chi connectivity index (χ2n) is 5.57. The number of nitrogen functional groups attached to an aromatic ring is 1. The molecule has 0 aromatic heterocycles. The molecule has 2 nitrogen and oxygen atoms in total. The maximum Gasteiger partial charge on any atom is 0.0498 e. The van der Waals surface area contributed by atoms with Crippen LogP contribution in [0.2, 0.25) is 0 Å². The number of nitrogens with zero attached hydrogens (tertiary/aromatic N) is 1. The lowest BCUT2D eigenvalue weighted by Gasteiger charge is -2.26. The van der Waals surface area contributed by atoms with Gasteiger partial charge in [-0.2, -0.15) is 0 Å². The van der Waals surface area contributed by atoms with Gasteiger partial charge in [-0.05, 0) is 55.2 Å². The summed E-state index contributed by atoms with van der Waals surface area (Å²) < 4.78 is 0. The Labute approximate surface area is 119 Å². The molecule has 4 rings (SSSR count). The molecule has 0 bridgehead atoms.